The Bertz CT molecular complexity index is 1100. The van der Waals surface area contributed by atoms with E-state index in [4.69, 9.17) is 0 Å². The van der Waals surface area contributed by atoms with E-state index in [-0.39, 0.29) is 11.8 Å². The Kier molecular flexibility index (Phi) is 4.39. The second-order valence-electron chi connectivity index (χ2n) is 7.78. The fourth-order valence-electron chi connectivity index (χ4n) is 4.26. The second-order valence-corrected chi connectivity index (χ2v) is 7.78. The minimum atomic E-state index is -0.125. The van der Waals surface area contributed by atoms with Crippen LogP contribution in [0.3, 0.4) is 0 Å². The van der Waals surface area contributed by atoms with E-state index in [1.165, 1.54) is 22.3 Å². The average molecular weight is 382 g/mol. The van der Waals surface area contributed by atoms with Crippen molar-refractivity contribution >= 4 is 17.5 Å². The molecule has 0 spiro atoms. The van der Waals surface area contributed by atoms with Gasteiger partial charge in [0.15, 0.2) is 0 Å². The van der Waals surface area contributed by atoms with Crippen molar-refractivity contribution in [1.82, 2.24) is 4.90 Å². The lowest BCUT2D eigenvalue weighted by Crippen LogP contribution is -2.23. The quantitative estimate of drug-likeness (QED) is 0.559. The van der Waals surface area contributed by atoms with Gasteiger partial charge in [0.05, 0.1) is 0 Å². The molecule has 5 rings (SSSR count). The van der Waals surface area contributed by atoms with Crippen LogP contribution in [-0.4, -0.2) is 23.3 Å². The number of nitrogens with one attached hydrogen (secondary N) is 1. The van der Waals surface area contributed by atoms with Crippen LogP contribution in [0.15, 0.2) is 66.7 Å². The molecule has 1 aliphatic carbocycles. The van der Waals surface area contributed by atoms with Crippen molar-refractivity contribution in [2.24, 2.45) is 0 Å². The van der Waals surface area contributed by atoms with Gasteiger partial charge >= 0.3 is 0 Å². The molecule has 2 amide bonds. The summed E-state index contributed by atoms with van der Waals surface area (Å²) < 4.78 is 0. The lowest BCUT2D eigenvalue weighted by Gasteiger charge is -2.15. The molecule has 1 N–H and O–H groups in total. The van der Waals surface area contributed by atoms with Gasteiger partial charge in [0, 0.05) is 30.8 Å². The van der Waals surface area contributed by atoms with Gasteiger partial charge in [-0.25, -0.2) is 0 Å². The SMILES string of the molecule is O=C(Nc1ccc2c(c1)-c1ccccc1C2)c1ccc(CN2CCCC2=O)cc1. The van der Waals surface area contributed by atoms with Crippen molar-refractivity contribution in [2.45, 2.75) is 25.8 Å². The number of hydrogen-bond acceptors (Lipinski definition) is 2. The summed E-state index contributed by atoms with van der Waals surface area (Å²) in [4.78, 5) is 26.3. The first-order chi connectivity index (χ1) is 14.2. The largest absolute Gasteiger partial charge is 0.338 e. The van der Waals surface area contributed by atoms with Gasteiger partial charge in [-0.3, -0.25) is 9.59 Å². The molecular formula is C25H22N2O2. The molecule has 0 aromatic heterocycles. The van der Waals surface area contributed by atoms with E-state index >= 15 is 0 Å². The highest BCUT2D eigenvalue weighted by molar-refractivity contribution is 6.04. The highest BCUT2D eigenvalue weighted by Crippen LogP contribution is 2.37. The van der Waals surface area contributed by atoms with E-state index in [1.54, 1.807) is 0 Å². The third-order valence-electron chi connectivity index (χ3n) is 5.82. The first kappa shape index (κ1) is 17.7. The number of likely N-dealkylation sites (tertiary alicyclic amines) is 1. The van der Waals surface area contributed by atoms with Crippen LogP contribution in [0.4, 0.5) is 5.69 Å². The molecule has 1 aliphatic heterocycles. The number of benzene rings is 3. The summed E-state index contributed by atoms with van der Waals surface area (Å²) in [5.74, 6) is 0.0880. The van der Waals surface area contributed by atoms with Crippen LogP contribution >= 0.6 is 0 Å². The van der Waals surface area contributed by atoms with Gasteiger partial charge < -0.3 is 10.2 Å². The Labute approximate surface area is 170 Å². The molecule has 0 atom stereocenters. The van der Waals surface area contributed by atoms with E-state index in [9.17, 15) is 9.59 Å². The lowest BCUT2D eigenvalue weighted by molar-refractivity contribution is -0.128. The molecule has 0 saturated carbocycles. The minimum absolute atomic E-state index is 0.125. The summed E-state index contributed by atoms with van der Waals surface area (Å²) in [6.07, 6.45) is 2.52. The highest BCUT2D eigenvalue weighted by Gasteiger charge is 2.20. The topological polar surface area (TPSA) is 49.4 Å². The number of anilines is 1. The Morgan fingerprint density at radius 2 is 1.72 bits per heavy atom. The molecule has 4 nitrogen and oxygen atoms in total. The number of carbonyl (C=O) groups excluding carboxylic acids is 2. The van der Waals surface area contributed by atoms with Crippen molar-refractivity contribution in [3.05, 3.63) is 89.0 Å². The van der Waals surface area contributed by atoms with Crippen LogP contribution < -0.4 is 5.32 Å². The number of rotatable bonds is 4. The molecule has 144 valence electrons. The maximum absolute atomic E-state index is 12.7. The summed E-state index contributed by atoms with van der Waals surface area (Å²) in [7, 11) is 0. The van der Waals surface area contributed by atoms with E-state index < -0.39 is 0 Å². The van der Waals surface area contributed by atoms with Gasteiger partial charge in [-0.2, -0.15) is 0 Å². The van der Waals surface area contributed by atoms with Crippen molar-refractivity contribution in [3.8, 4) is 11.1 Å². The zero-order chi connectivity index (χ0) is 19.8. The molecule has 1 heterocycles. The monoisotopic (exact) mass is 382 g/mol. The third kappa shape index (κ3) is 3.42. The molecule has 0 unspecified atom stereocenters. The molecule has 2 aliphatic rings. The fourth-order valence-corrected chi connectivity index (χ4v) is 4.26. The van der Waals surface area contributed by atoms with Gasteiger partial charge in [0.2, 0.25) is 5.91 Å². The Balaban J connectivity index is 1.29. The molecule has 29 heavy (non-hydrogen) atoms. The highest BCUT2D eigenvalue weighted by atomic mass is 16.2. The van der Waals surface area contributed by atoms with E-state index in [0.29, 0.717) is 18.5 Å². The smallest absolute Gasteiger partial charge is 0.255 e. The molecule has 3 aromatic rings. The summed E-state index contributed by atoms with van der Waals surface area (Å²) in [5, 5.41) is 3.01. The molecule has 0 bridgehead atoms. The van der Waals surface area contributed by atoms with Gasteiger partial charge in [0.1, 0.15) is 0 Å². The standard InChI is InChI=1S/C25H22N2O2/c28-24-6-3-13-27(24)16-17-7-9-18(10-8-17)25(29)26-21-12-11-20-14-19-4-1-2-5-22(19)23(20)15-21/h1-2,4-5,7-12,15H,3,6,13-14,16H2,(H,26,29). The molecule has 4 heteroatoms. The van der Waals surface area contributed by atoms with E-state index in [1.807, 2.05) is 35.2 Å². The number of nitrogens with zero attached hydrogens (tertiary/aromatic N) is 1. The fraction of sp³-hybridized carbons (Fsp3) is 0.200. The van der Waals surface area contributed by atoms with Crippen LogP contribution in [0, 0.1) is 0 Å². The van der Waals surface area contributed by atoms with E-state index in [0.717, 1.165) is 30.6 Å². The predicted octanol–water partition coefficient (Wildman–Crippen LogP) is 4.63. The zero-order valence-electron chi connectivity index (χ0n) is 16.2. The van der Waals surface area contributed by atoms with Crippen molar-refractivity contribution in [2.75, 3.05) is 11.9 Å². The first-order valence-corrected chi connectivity index (χ1v) is 10.1. The van der Waals surface area contributed by atoms with Gasteiger partial charge in [-0.15, -0.1) is 0 Å². The van der Waals surface area contributed by atoms with Crippen molar-refractivity contribution in [3.63, 3.8) is 0 Å². The van der Waals surface area contributed by atoms with Crippen LogP contribution in [0.1, 0.15) is 39.9 Å². The summed E-state index contributed by atoms with van der Waals surface area (Å²) >= 11 is 0. The van der Waals surface area contributed by atoms with Gasteiger partial charge in [-0.05, 0) is 64.9 Å². The normalized spacial score (nSPS) is 14.6. The zero-order valence-corrected chi connectivity index (χ0v) is 16.2. The number of carbonyl (C=O) groups is 2. The third-order valence-corrected chi connectivity index (χ3v) is 5.82. The predicted molar refractivity (Wildman–Crippen MR) is 114 cm³/mol. The molecule has 1 fully saturated rings. The maximum Gasteiger partial charge on any atom is 0.255 e. The number of hydrogen-bond donors (Lipinski definition) is 1. The average Bonchev–Trinajstić information content (AvgIpc) is 3.31. The molecular weight excluding hydrogens is 360 g/mol. The minimum Gasteiger partial charge on any atom is -0.338 e. The first-order valence-electron chi connectivity index (χ1n) is 10.1. The molecule has 3 aromatic carbocycles. The Morgan fingerprint density at radius 3 is 2.52 bits per heavy atom. The van der Waals surface area contributed by atoms with Gasteiger partial charge in [0.25, 0.3) is 5.91 Å². The maximum atomic E-state index is 12.7. The summed E-state index contributed by atoms with van der Waals surface area (Å²) in [6.45, 7) is 1.44. The number of fused-ring (bicyclic) bond motifs is 3. The van der Waals surface area contributed by atoms with Crippen LogP contribution in [0.25, 0.3) is 11.1 Å². The van der Waals surface area contributed by atoms with Gasteiger partial charge in [-0.1, -0.05) is 42.5 Å². The van der Waals surface area contributed by atoms with Crippen molar-refractivity contribution < 1.29 is 9.59 Å². The number of amides is 2. The Hall–Kier alpha value is -3.40. The summed E-state index contributed by atoms with van der Waals surface area (Å²) in [6, 6.07) is 22.1. The van der Waals surface area contributed by atoms with Crippen LogP contribution in [0.5, 0.6) is 0 Å². The van der Waals surface area contributed by atoms with Crippen LogP contribution in [-0.2, 0) is 17.8 Å². The van der Waals surface area contributed by atoms with Crippen LogP contribution in [0.2, 0.25) is 0 Å². The van der Waals surface area contributed by atoms with Crippen molar-refractivity contribution in [1.29, 1.82) is 0 Å². The lowest BCUT2D eigenvalue weighted by atomic mass is 10.0. The second kappa shape index (κ2) is 7.21. The molecule has 1 saturated heterocycles. The Morgan fingerprint density at radius 1 is 0.931 bits per heavy atom. The summed E-state index contributed by atoms with van der Waals surface area (Å²) in [5.41, 5.74) is 7.54. The van der Waals surface area contributed by atoms with E-state index in [2.05, 4.69) is 41.7 Å². The molecule has 0 radical (unpaired) electrons.